The van der Waals surface area contributed by atoms with Gasteiger partial charge < -0.3 is 10.4 Å². The van der Waals surface area contributed by atoms with Crippen LogP contribution in [0.15, 0.2) is 24.3 Å². The number of hydrogen-bond donors (Lipinski definition) is 2. The number of aliphatic carboxylic acids is 1. The standard InChI is InChI=1S/C10H11ClFNO2/c11-7-1-3-9(4-2-7)13-6-8(12)5-10(14)15/h1-4,8,13H,5-6H2,(H,14,15). The van der Waals surface area contributed by atoms with Crippen molar-refractivity contribution in [3.05, 3.63) is 29.3 Å². The van der Waals surface area contributed by atoms with Crippen molar-refractivity contribution >= 4 is 23.3 Å². The quantitative estimate of drug-likeness (QED) is 0.819. The van der Waals surface area contributed by atoms with Gasteiger partial charge in [0.05, 0.1) is 6.42 Å². The molecule has 0 aliphatic heterocycles. The lowest BCUT2D eigenvalue weighted by atomic mass is 10.2. The van der Waals surface area contributed by atoms with Gasteiger partial charge in [0.1, 0.15) is 6.17 Å². The molecule has 15 heavy (non-hydrogen) atoms. The summed E-state index contributed by atoms with van der Waals surface area (Å²) in [7, 11) is 0. The normalized spacial score (nSPS) is 12.1. The molecule has 1 aromatic rings. The second-order valence-electron chi connectivity index (χ2n) is 3.08. The summed E-state index contributed by atoms with van der Waals surface area (Å²) in [5.41, 5.74) is 0.715. The van der Waals surface area contributed by atoms with Gasteiger partial charge >= 0.3 is 5.97 Å². The van der Waals surface area contributed by atoms with Crippen LogP contribution in [0.5, 0.6) is 0 Å². The maximum atomic E-state index is 12.9. The van der Waals surface area contributed by atoms with Crippen molar-refractivity contribution in [3.63, 3.8) is 0 Å². The second kappa shape index (κ2) is 5.56. The Morgan fingerprint density at radius 2 is 2.07 bits per heavy atom. The minimum absolute atomic E-state index is 0.0199. The topological polar surface area (TPSA) is 49.3 Å². The third kappa shape index (κ3) is 4.65. The molecule has 0 aliphatic rings. The molecule has 0 heterocycles. The van der Waals surface area contributed by atoms with Crippen LogP contribution >= 0.6 is 11.6 Å². The van der Waals surface area contributed by atoms with E-state index in [2.05, 4.69) is 5.32 Å². The summed E-state index contributed by atoms with van der Waals surface area (Å²) in [5, 5.41) is 11.7. The van der Waals surface area contributed by atoms with Gasteiger partial charge in [-0.25, -0.2) is 4.39 Å². The van der Waals surface area contributed by atoms with Crippen molar-refractivity contribution in [2.24, 2.45) is 0 Å². The van der Waals surface area contributed by atoms with Crippen LogP contribution in [0.1, 0.15) is 6.42 Å². The van der Waals surface area contributed by atoms with E-state index in [4.69, 9.17) is 16.7 Å². The van der Waals surface area contributed by atoms with E-state index in [0.29, 0.717) is 10.7 Å². The highest BCUT2D eigenvalue weighted by atomic mass is 35.5. The summed E-state index contributed by atoms with van der Waals surface area (Å²) >= 11 is 5.66. The first kappa shape index (κ1) is 11.8. The summed E-state index contributed by atoms with van der Waals surface area (Å²) in [6, 6.07) is 6.76. The molecule has 0 fully saturated rings. The van der Waals surface area contributed by atoms with Crippen molar-refractivity contribution in [1.29, 1.82) is 0 Å². The molecule has 1 unspecified atom stereocenters. The third-order valence-electron chi connectivity index (χ3n) is 1.77. The Morgan fingerprint density at radius 3 is 2.60 bits per heavy atom. The number of anilines is 1. The van der Waals surface area contributed by atoms with Gasteiger partial charge in [0.15, 0.2) is 0 Å². The first-order valence-corrected chi connectivity index (χ1v) is 4.81. The van der Waals surface area contributed by atoms with Gasteiger partial charge in [0.25, 0.3) is 0 Å². The molecule has 0 bridgehead atoms. The SMILES string of the molecule is O=C(O)CC(F)CNc1ccc(Cl)cc1. The molecule has 5 heteroatoms. The highest BCUT2D eigenvalue weighted by Crippen LogP contribution is 2.13. The average molecular weight is 232 g/mol. The summed E-state index contributed by atoms with van der Waals surface area (Å²) < 4.78 is 12.9. The Balaban J connectivity index is 2.36. The molecule has 1 aromatic carbocycles. The van der Waals surface area contributed by atoms with Crippen LogP contribution in [0.4, 0.5) is 10.1 Å². The van der Waals surface area contributed by atoms with Crippen LogP contribution in [0.3, 0.4) is 0 Å². The van der Waals surface area contributed by atoms with Crippen molar-refractivity contribution < 1.29 is 14.3 Å². The predicted octanol–water partition coefficient (Wildman–Crippen LogP) is 2.56. The van der Waals surface area contributed by atoms with Crippen LogP contribution in [0, 0.1) is 0 Å². The fraction of sp³-hybridized carbons (Fsp3) is 0.300. The minimum atomic E-state index is -1.39. The summed E-state index contributed by atoms with van der Waals surface area (Å²) in [5.74, 6) is -1.14. The molecule has 0 saturated carbocycles. The second-order valence-corrected chi connectivity index (χ2v) is 3.52. The molecular formula is C10H11ClFNO2. The predicted molar refractivity (Wildman–Crippen MR) is 57.1 cm³/mol. The highest BCUT2D eigenvalue weighted by molar-refractivity contribution is 6.30. The number of carboxylic acid groups (broad SMARTS) is 1. The molecule has 1 atom stereocenters. The van der Waals surface area contributed by atoms with Crippen LogP contribution in [-0.2, 0) is 4.79 Å². The Labute approximate surface area is 91.9 Å². The summed E-state index contributed by atoms with van der Waals surface area (Å²) in [6.07, 6.45) is -1.88. The van der Waals surface area contributed by atoms with Gasteiger partial charge in [-0.3, -0.25) is 4.79 Å². The van der Waals surface area contributed by atoms with E-state index in [0.717, 1.165) is 0 Å². The smallest absolute Gasteiger partial charge is 0.306 e. The van der Waals surface area contributed by atoms with Gasteiger partial charge in [0, 0.05) is 17.3 Å². The third-order valence-corrected chi connectivity index (χ3v) is 2.02. The van der Waals surface area contributed by atoms with E-state index in [1.54, 1.807) is 24.3 Å². The lowest BCUT2D eigenvalue weighted by Crippen LogP contribution is -2.18. The van der Waals surface area contributed by atoms with Crippen LogP contribution in [0.25, 0.3) is 0 Å². The first-order chi connectivity index (χ1) is 7.08. The van der Waals surface area contributed by atoms with Crippen molar-refractivity contribution in [1.82, 2.24) is 0 Å². The number of hydrogen-bond acceptors (Lipinski definition) is 2. The monoisotopic (exact) mass is 231 g/mol. The lowest BCUT2D eigenvalue weighted by molar-refractivity contribution is -0.138. The number of halogens is 2. The van der Waals surface area contributed by atoms with Gasteiger partial charge in [-0.15, -0.1) is 0 Å². The Bertz CT molecular complexity index is 329. The summed E-state index contributed by atoms with van der Waals surface area (Å²) in [4.78, 5) is 10.2. The van der Waals surface area contributed by atoms with Gasteiger partial charge in [0.2, 0.25) is 0 Å². The molecule has 2 N–H and O–H groups in total. The van der Waals surface area contributed by atoms with E-state index >= 15 is 0 Å². The summed E-state index contributed by atoms with van der Waals surface area (Å²) in [6.45, 7) is -0.0199. The van der Waals surface area contributed by atoms with Crippen LogP contribution in [0.2, 0.25) is 5.02 Å². The molecule has 0 amide bonds. The fourth-order valence-electron chi connectivity index (χ4n) is 1.06. The van der Waals surface area contributed by atoms with Crippen molar-refractivity contribution in [3.8, 4) is 0 Å². The molecule has 82 valence electrons. The molecule has 0 saturated heterocycles. The van der Waals surface area contributed by atoms with Crippen LogP contribution < -0.4 is 5.32 Å². The lowest BCUT2D eigenvalue weighted by Gasteiger charge is -2.08. The van der Waals surface area contributed by atoms with E-state index in [-0.39, 0.29) is 6.54 Å². The Hall–Kier alpha value is -1.29. The Morgan fingerprint density at radius 1 is 1.47 bits per heavy atom. The largest absolute Gasteiger partial charge is 0.481 e. The zero-order chi connectivity index (χ0) is 11.3. The highest BCUT2D eigenvalue weighted by Gasteiger charge is 2.10. The van der Waals surface area contributed by atoms with Crippen LogP contribution in [-0.4, -0.2) is 23.8 Å². The van der Waals surface area contributed by atoms with E-state index in [1.165, 1.54) is 0 Å². The van der Waals surface area contributed by atoms with Crippen molar-refractivity contribution in [2.75, 3.05) is 11.9 Å². The molecule has 1 rings (SSSR count). The zero-order valence-corrected chi connectivity index (χ0v) is 8.67. The molecular weight excluding hydrogens is 221 g/mol. The van der Waals surface area contributed by atoms with E-state index in [9.17, 15) is 9.18 Å². The number of carboxylic acids is 1. The maximum absolute atomic E-state index is 12.9. The molecule has 3 nitrogen and oxygen atoms in total. The molecule has 0 aliphatic carbocycles. The number of carbonyl (C=O) groups is 1. The van der Waals surface area contributed by atoms with Gasteiger partial charge in [-0.2, -0.15) is 0 Å². The first-order valence-electron chi connectivity index (χ1n) is 4.43. The zero-order valence-electron chi connectivity index (χ0n) is 7.91. The number of alkyl halides is 1. The Kier molecular flexibility index (Phi) is 4.37. The number of rotatable bonds is 5. The average Bonchev–Trinajstić information content (AvgIpc) is 2.16. The fourth-order valence-corrected chi connectivity index (χ4v) is 1.18. The van der Waals surface area contributed by atoms with E-state index in [1.807, 2.05) is 0 Å². The maximum Gasteiger partial charge on any atom is 0.306 e. The van der Waals surface area contributed by atoms with Gasteiger partial charge in [-0.05, 0) is 24.3 Å². The molecule has 0 aromatic heterocycles. The van der Waals surface area contributed by atoms with Gasteiger partial charge in [-0.1, -0.05) is 11.6 Å². The molecule has 0 radical (unpaired) electrons. The number of benzene rings is 1. The number of nitrogens with one attached hydrogen (secondary N) is 1. The molecule has 0 spiro atoms. The van der Waals surface area contributed by atoms with E-state index < -0.39 is 18.6 Å². The minimum Gasteiger partial charge on any atom is -0.481 e. The van der Waals surface area contributed by atoms with Crippen molar-refractivity contribution in [2.45, 2.75) is 12.6 Å².